The lowest BCUT2D eigenvalue weighted by Gasteiger charge is -2.27. The second-order valence-corrected chi connectivity index (χ2v) is 6.81. The van der Waals surface area contributed by atoms with Gasteiger partial charge < -0.3 is 14.6 Å². The summed E-state index contributed by atoms with van der Waals surface area (Å²) in [5.74, 6) is -0.486. The Labute approximate surface area is 167 Å². The maximum atomic E-state index is 12.2. The summed E-state index contributed by atoms with van der Waals surface area (Å²) >= 11 is 0. The van der Waals surface area contributed by atoms with Crippen molar-refractivity contribution in [3.8, 4) is 17.2 Å². The number of benzene rings is 2. The zero-order valence-corrected chi connectivity index (χ0v) is 15.8. The lowest BCUT2D eigenvalue weighted by atomic mass is 9.84. The number of esters is 1. The number of rotatable bonds is 5. The van der Waals surface area contributed by atoms with Crippen LogP contribution in [-0.2, 0) is 11.4 Å². The molecule has 0 bridgehead atoms. The number of pyridine rings is 1. The van der Waals surface area contributed by atoms with Gasteiger partial charge in [0.1, 0.15) is 23.9 Å². The van der Waals surface area contributed by atoms with E-state index in [0.717, 1.165) is 11.3 Å². The third kappa shape index (κ3) is 3.69. The molecule has 1 aromatic heterocycles. The number of nitrogens with zero attached hydrogens (tertiary/aromatic N) is 1. The number of hydrogen-bond acceptors (Lipinski definition) is 6. The number of Topliss-reactive ketones (excluding diaryl/α,β-unsaturated/α-hetero) is 1. The van der Waals surface area contributed by atoms with E-state index in [9.17, 15) is 14.7 Å². The molecular weight excluding hydrogens is 370 g/mol. The van der Waals surface area contributed by atoms with E-state index in [1.165, 1.54) is 13.0 Å². The van der Waals surface area contributed by atoms with E-state index in [-0.39, 0.29) is 35.9 Å². The van der Waals surface area contributed by atoms with Crippen molar-refractivity contribution in [1.29, 1.82) is 0 Å². The van der Waals surface area contributed by atoms with Crippen LogP contribution in [0.1, 0.15) is 46.4 Å². The predicted molar refractivity (Wildman–Crippen MR) is 105 cm³/mol. The molecule has 2 heterocycles. The summed E-state index contributed by atoms with van der Waals surface area (Å²) in [7, 11) is 0. The molecule has 6 heteroatoms. The van der Waals surface area contributed by atoms with E-state index >= 15 is 0 Å². The van der Waals surface area contributed by atoms with Gasteiger partial charge in [-0.1, -0.05) is 24.3 Å². The van der Waals surface area contributed by atoms with Crippen LogP contribution in [0.2, 0.25) is 0 Å². The van der Waals surface area contributed by atoms with Gasteiger partial charge in [-0.2, -0.15) is 0 Å². The van der Waals surface area contributed by atoms with E-state index in [1.54, 1.807) is 12.3 Å². The lowest BCUT2D eigenvalue weighted by Crippen LogP contribution is -2.22. The Morgan fingerprint density at radius 3 is 2.72 bits per heavy atom. The number of phenolic OH excluding ortho intramolecular Hbond substituents is 1. The zero-order chi connectivity index (χ0) is 20.4. The smallest absolute Gasteiger partial charge is 0.312 e. The fourth-order valence-corrected chi connectivity index (χ4v) is 3.53. The molecule has 1 N–H and O–H groups in total. The van der Waals surface area contributed by atoms with Gasteiger partial charge in [-0.3, -0.25) is 14.6 Å². The average Bonchev–Trinajstić information content (AvgIpc) is 2.72. The van der Waals surface area contributed by atoms with Gasteiger partial charge in [-0.25, -0.2) is 0 Å². The van der Waals surface area contributed by atoms with Gasteiger partial charge in [0.15, 0.2) is 5.78 Å². The minimum atomic E-state index is -0.495. The molecule has 3 aromatic rings. The maximum absolute atomic E-state index is 12.2. The number of ether oxygens (including phenoxy) is 2. The SMILES string of the molecule is CC(=O)c1ccc2c(c1O)[C@@H](c1ccccc1OCc1ccccn1)CC(=O)O2. The summed E-state index contributed by atoms with van der Waals surface area (Å²) < 4.78 is 11.3. The number of para-hydroxylation sites is 1. The van der Waals surface area contributed by atoms with Crippen molar-refractivity contribution < 1.29 is 24.2 Å². The standard InChI is InChI=1S/C23H19NO5/c1-14(25)16-9-10-20-22(23(16)27)18(12-21(26)29-20)17-7-2-3-8-19(17)28-13-15-6-4-5-11-24-15/h2-11,18,27H,12-13H2,1H3/t18-/m1/s1. The van der Waals surface area contributed by atoms with E-state index in [4.69, 9.17) is 9.47 Å². The number of aromatic hydroxyl groups is 1. The summed E-state index contributed by atoms with van der Waals surface area (Å²) in [5, 5.41) is 10.8. The van der Waals surface area contributed by atoms with Crippen LogP contribution >= 0.6 is 0 Å². The van der Waals surface area contributed by atoms with Crippen molar-refractivity contribution in [2.24, 2.45) is 0 Å². The molecule has 0 radical (unpaired) electrons. The third-order valence-corrected chi connectivity index (χ3v) is 4.90. The van der Waals surface area contributed by atoms with Crippen LogP contribution in [0.4, 0.5) is 0 Å². The first-order valence-electron chi connectivity index (χ1n) is 9.23. The molecular formula is C23H19NO5. The van der Waals surface area contributed by atoms with Gasteiger partial charge in [0.2, 0.25) is 0 Å². The predicted octanol–water partition coefficient (Wildman–Crippen LogP) is 4.01. The highest BCUT2D eigenvalue weighted by atomic mass is 16.5. The summed E-state index contributed by atoms with van der Waals surface area (Å²) in [4.78, 5) is 28.3. The summed E-state index contributed by atoms with van der Waals surface area (Å²) in [6, 6.07) is 15.9. The Morgan fingerprint density at radius 2 is 1.97 bits per heavy atom. The van der Waals surface area contributed by atoms with Crippen LogP contribution in [0, 0.1) is 0 Å². The molecule has 1 atom stereocenters. The number of fused-ring (bicyclic) bond motifs is 1. The zero-order valence-electron chi connectivity index (χ0n) is 15.8. The first-order chi connectivity index (χ1) is 14.0. The molecule has 1 aliphatic rings. The fourth-order valence-electron chi connectivity index (χ4n) is 3.53. The Bertz CT molecular complexity index is 1080. The Kier molecular flexibility index (Phi) is 4.99. The van der Waals surface area contributed by atoms with Crippen molar-refractivity contribution in [3.63, 3.8) is 0 Å². The minimum absolute atomic E-state index is 0.0336. The number of carbonyl (C=O) groups is 2. The lowest BCUT2D eigenvalue weighted by molar-refractivity contribution is -0.135. The first kappa shape index (κ1) is 18.7. The van der Waals surface area contributed by atoms with Crippen molar-refractivity contribution in [2.75, 3.05) is 0 Å². The molecule has 0 amide bonds. The Balaban J connectivity index is 1.75. The van der Waals surface area contributed by atoms with Crippen LogP contribution in [0.15, 0.2) is 60.8 Å². The summed E-state index contributed by atoms with van der Waals surface area (Å²) in [5.41, 5.74) is 2.12. The number of aromatic nitrogens is 1. The highest BCUT2D eigenvalue weighted by Gasteiger charge is 2.34. The van der Waals surface area contributed by atoms with E-state index in [0.29, 0.717) is 11.3 Å². The van der Waals surface area contributed by atoms with Crippen molar-refractivity contribution in [3.05, 3.63) is 83.2 Å². The highest BCUT2D eigenvalue weighted by molar-refractivity contribution is 5.98. The quantitative estimate of drug-likeness (QED) is 0.403. The molecule has 29 heavy (non-hydrogen) atoms. The third-order valence-electron chi connectivity index (χ3n) is 4.90. The molecule has 0 saturated heterocycles. The van der Waals surface area contributed by atoms with Gasteiger partial charge >= 0.3 is 5.97 Å². The molecule has 0 unspecified atom stereocenters. The molecule has 0 fully saturated rings. The van der Waals surface area contributed by atoms with Gasteiger partial charge in [-0.05, 0) is 37.3 Å². The summed E-state index contributed by atoms with van der Waals surface area (Å²) in [6.45, 7) is 1.65. The number of phenols is 1. The molecule has 0 aliphatic carbocycles. The van der Waals surface area contributed by atoms with E-state index < -0.39 is 11.9 Å². The fraction of sp³-hybridized carbons (Fsp3) is 0.174. The molecule has 6 nitrogen and oxygen atoms in total. The van der Waals surface area contributed by atoms with Crippen LogP contribution < -0.4 is 9.47 Å². The monoisotopic (exact) mass is 389 g/mol. The van der Waals surface area contributed by atoms with Crippen LogP contribution in [0.3, 0.4) is 0 Å². The topological polar surface area (TPSA) is 85.7 Å². The Morgan fingerprint density at radius 1 is 1.17 bits per heavy atom. The Hall–Kier alpha value is -3.67. The molecule has 0 saturated carbocycles. The molecule has 4 rings (SSSR count). The van der Waals surface area contributed by atoms with E-state index in [1.807, 2.05) is 42.5 Å². The van der Waals surface area contributed by atoms with Crippen LogP contribution in [0.5, 0.6) is 17.2 Å². The number of ketones is 1. The second-order valence-electron chi connectivity index (χ2n) is 6.81. The largest absolute Gasteiger partial charge is 0.507 e. The van der Waals surface area contributed by atoms with Crippen molar-refractivity contribution in [2.45, 2.75) is 25.9 Å². The molecule has 146 valence electrons. The molecule has 1 aliphatic heterocycles. The normalized spacial score (nSPS) is 15.3. The van der Waals surface area contributed by atoms with Gasteiger partial charge in [0.25, 0.3) is 0 Å². The van der Waals surface area contributed by atoms with Crippen molar-refractivity contribution in [1.82, 2.24) is 4.98 Å². The average molecular weight is 389 g/mol. The number of carbonyl (C=O) groups excluding carboxylic acids is 2. The maximum Gasteiger partial charge on any atom is 0.312 e. The molecule has 0 spiro atoms. The second kappa shape index (κ2) is 7.75. The van der Waals surface area contributed by atoms with Crippen LogP contribution in [-0.4, -0.2) is 21.8 Å². The van der Waals surface area contributed by atoms with E-state index in [2.05, 4.69) is 4.98 Å². The number of hydrogen-bond donors (Lipinski definition) is 1. The van der Waals surface area contributed by atoms with Gasteiger partial charge in [0, 0.05) is 23.2 Å². The van der Waals surface area contributed by atoms with Crippen LogP contribution in [0.25, 0.3) is 0 Å². The van der Waals surface area contributed by atoms with Gasteiger partial charge in [0.05, 0.1) is 17.7 Å². The van der Waals surface area contributed by atoms with Gasteiger partial charge in [-0.15, -0.1) is 0 Å². The first-order valence-corrected chi connectivity index (χ1v) is 9.23. The minimum Gasteiger partial charge on any atom is -0.507 e. The summed E-state index contributed by atoms with van der Waals surface area (Å²) in [6.07, 6.45) is 1.73. The molecule has 2 aromatic carbocycles. The highest BCUT2D eigenvalue weighted by Crippen LogP contribution is 2.47. The van der Waals surface area contributed by atoms with Crippen molar-refractivity contribution >= 4 is 11.8 Å².